The molecule has 0 aliphatic rings. The third kappa shape index (κ3) is 2.45. The second kappa shape index (κ2) is 5.16. The monoisotopic (exact) mass is 224 g/mol. The molecular formula is C14H12N2O. The molecule has 1 heterocycles. The van der Waals surface area contributed by atoms with E-state index in [2.05, 4.69) is 16.5 Å². The normalized spacial score (nSPS) is 9.88. The topological polar surface area (TPSA) is 42.9 Å². The van der Waals surface area contributed by atoms with Crippen molar-refractivity contribution in [3.05, 3.63) is 60.9 Å². The Hall–Kier alpha value is -2.29. The van der Waals surface area contributed by atoms with Crippen LogP contribution in [-0.4, -0.2) is 15.8 Å². The third-order valence-corrected chi connectivity index (χ3v) is 2.36. The molecule has 1 aromatic heterocycles. The molecule has 0 spiro atoms. The molecule has 0 aliphatic heterocycles. The largest absolute Gasteiger partial charge is 0.294 e. The lowest BCUT2D eigenvalue weighted by molar-refractivity contribution is 0.0996. The zero-order valence-electron chi connectivity index (χ0n) is 9.34. The summed E-state index contributed by atoms with van der Waals surface area (Å²) in [5.74, 6) is 0.601. The zero-order valence-corrected chi connectivity index (χ0v) is 9.34. The average molecular weight is 224 g/mol. The van der Waals surface area contributed by atoms with Crippen molar-refractivity contribution in [2.75, 3.05) is 0 Å². The number of hydrogen-bond acceptors (Lipinski definition) is 3. The van der Waals surface area contributed by atoms with Crippen molar-refractivity contribution in [2.24, 2.45) is 0 Å². The van der Waals surface area contributed by atoms with E-state index in [4.69, 9.17) is 0 Å². The standard InChI is InChI=1S/C14H12N2O/c1-2-6-13(17)11-7-3-4-8-12(11)14-15-9-5-10-16-14/h2-5,7-10H,1,6H2. The van der Waals surface area contributed by atoms with Crippen LogP contribution in [0.15, 0.2) is 55.4 Å². The van der Waals surface area contributed by atoms with Gasteiger partial charge in [0.1, 0.15) is 0 Å². The Balaban J connectivity index is 2.48. The van der Waals surface area contributed by atoms with Crippen molar-refractivity contribution in [2.45, 2.75) is 6.42 Å². The number of Topliss-reactive ketones (excluding diaryl/α,β-unsaturated/α-hetero) is 1. The fourth-order valence-electron chi connectivity index (χ4n) is 1.60. The van der Waals surface area contributed by atoms with Gasteiger partial charge in [0.05, 0.1) is 0 Å². The molecule has 0 bridgehead atoms. The van der Waals surface area contributed by atoms with Crippen molar-refractivity contribution >= 4 is 5.78 Å². The molecular weight excluding hydrogens is 212 g/mol. The summed E-state index contributed by atoms with van der Waals surface area (Å²) in [5.41, 5.74) is 1.40. The molecule has 1 aromatic carbocycles. The van der Waals surface area contributed by atoms with E-state index in [9.17, 15) is 4.79 Å². The summed E-state index contributed by atoms with van der Waals surface area (Å²) in [4.78, 5) is 20.2. The highest BCUT2D eigenvalue weighted by Gasteiger charge is 2.12. The fraction of sp³-hybridized carbons (Fsp3) is 0.0714. The lowest BCUT2D eigenvalue weighted by Gasteiger charge is -2.05. The van der Waals surface area contributed by atoms with E-state index in [1.54, 1.807) is 30.6 Å². The third-order valence-electron chi connectivity index (χ3n) is 2.36. The van der Waals surface area contributed by atoms with Crippen LogP contribution in [0, 0.1) is 0 Å². The maximum atomic E-state index is 11.9. The minimum atomic E-state index is 0.0306. The molecule has 0 unspecified atom stereocenters. The van der Waals surface area contributed by atoms with E-state index < -0.39 is 0 Å². The number of nitrogens with zero attached hydrogens (tertiary/aromatic N) is 2. The summed E-state index contributed by atoms with van der Waals surface area (Å²) in [5, 5.41) is 0. The quantitative estimate of drug-likeness (QED) is 0.592. The number of ketones is 1. The van der Waals surface area contributed by atoms with Crippen LogP contribution < -0.4 is 0 Å². The van der Waals surface area contributed by atoms with Crippen LogP contribution >= 0.6 is 0 Å². The molecule has 0 N–H and O–H groups in total. The van der Waals surface area contributed by atoms with Crippen LogP contribution in [0.1, 0.15) is 16.8 Å². The maximum Gasteiger partial charge on any atom is 0.167 e. The first kappa shape index (κ1) is 11.2. The number of carbonyl (C=O) groups is 1. The SMILES string of the molecule is C=CCC(=O)c1ccccc1-c1ncccn1. The molecule has 0 aliphatic carbocycles. The van der Waals surface area contributed by atoms with Crippen molar-refractivity contribution in [1.29, 1.82) is 0 Å². The van der Waals surface area contributed by atoms with Gasteiger partial charge in [-0.3, -0.25) is 4.79 Å². The van der Waals surface area contributed by atoms with Gasteiger partial charge >= 0.3 is 0 Å². The number of carbonyl (C=O) groups excluding carboxylic acids is 1. The lowest BCUT2D eigenvalue weighted by Crippen LogP contribution is -2.01. The van der Waals surface area contributed by atoms with Gasteiger partial charge in [0, 0.05) is 29.9 Å². The molecule has 0 amide bonds. The molecule has 3 nitrogen and oxygen atoms in total. The van der Waals surface area contributed by atoms with Gasteiger partial charge in [0.2, 0.25) is 0 Å². The van der Waals surface area contributed by atoms with Crippen molar-refractivity contribution in [3.63, 3.8) is 0 Å². The Morgan fingerprint density at radius 2 is 1.88 bits per heavy atom. The van der Waals surface area contributed by atoms with E-state index in [-0.39, 0.29) is 5.78 Å². The van der Waals surface area contributed by atoms with Crippen molar-refractivity contribution in [3.8, 4) is 11.4 Å². The summed E-state index contributed by atoms with van der Waals surface area (Å²) >= 11 is 0. The minimum absolute atomic E-state index is 0.0306. The second-order valence-corrected chi connectivity index (χ2v) is 3.53. The van der Waals surface area contributed by atoms with Gasteiger partial charge in [0.25, 0.3) is 0 Å². The summed E-state index contributed by atoms with van der Waals surface area (Å²) in [6, 6.07) is 9.10. The first-order valence-electron chi connectivity index (χ1n) is 5.33. The fourth-order valence-corrected chi connectivity index (χ4v) is 1.60. The van der Waals surface area contributed by atoms with Crippen molar-refractivity contribution < 1.29 is 4.79 Å². The van der Waals surface area contributed by atoms with E-state index in [0.29, 0.717) is 17.8 Å². The number of rotatable bonds is 4. The predicted octanol–water partition coefficient (Wildman–Crippen LogP) is 2.90. The molecule has 0 radical (unpaired) electrons. The van der Waals surface area contributed by atoms with E-state index in [1.165, 1.54) is 0 Å². The Morgan fingerprint density at radius 3 is 2.59 bits per heavy atom. The van der Waals surface area contributed by atoms with Crippen LogP contribution in [0.4, 0.5) is 0 Å². The van der Waals surface area contributed by atoms with E-state index in [0.717, 1.165) is 5.56 Å². The van der Waals surface area contributed by atoms with Crippen LogP contribution in [0.2, 0.25) is 0 Å². The highest BCUT2D eigenvalue weighted by atomic mass is 16.1. The van der Waals surface area contributed by atoms with Gasteiger partial charge in [0.15, 0.2) is 11.6 Å². The van der Waals surface area contributed by atoms with E-state index in [1.807, 2.05) is 18.2 Å². The van der Waals surface area contributed by atoms with Gasteiger partial charge in [-0.1, -0.05) is 30.3 Å². The van der Waals surface area contributed by atoms with Gasteiger partial charge in [-0.25, -0.2) is 9.97 Å². The molecule has 0 fully saturated rings. The van der Waals surface area contributed by atoms with Gasteiger partial charge in [-0.2, -0.15) is 0 Å². The molecule has 2 aromatic rings. The number of hydrogen-bond donors (Lipinski definition) is 0. The van der Waals surface area contributed by atoms with Crippen LogP contribution in [0.25, 0.3) is 11.4 Å². The summed E-state index contributed by atoms with van der Waals surface area (Å²) in [7, 11) is 0. The first-order valence-corrected chi connectivity index (χ1v) is 5.33. The predicted molar refractivity (Wildman–Crippen MR) is 66.6 cm³/mol. The highest BCUT2D eigenvalue weighted by Crippen LogP contribution is 2.20. The van der Waals surface area contributed by atoms with Gasteiger partial charge in [-0.05, 0) is 6.07 Å². The Kier molecular flexibility index (Phi) is 3.40. The average Bonchev–Trinajstić information content (AvgIpc) is 2.40. The molecule has 2 rings (SSSR count). The Labute approximate surface area is 99.9 Å². The van der Waals surface area contributed by atoms with Crippen LogP contribution in [0.5, 0.6) is 0 Å². The smallest absolute Gasteiger partial charge is 0.167 e. The molecule has 0 saturated carbocycles. The second-order valence-electron chi connectivity index (χ2n) is 3.53. The van der Waals surface area contributed by atoms with Gasteiger partial charge in [-0.15, -0.1) is 6.58 Å². The molecule has 17 heavy (non-hydrogen) atoms. The Bertz CT molecular complexity index is 535. The van der Waals surface area contributed by atoms with Crippen LogP contribution in [0.3, 0.4) is 0 Å². The summed E-state index contributed by atoms with van der Waals surface area (Å²) in [6.45, 7) is 3.58. The molecule has 84 valence electrons. The van der Waals surface area contributed by atoms with Crippen LogP contribution in [-0.2, 0) is 0 Å². The first-order chi connectivity index (χ1) is 8.33. The van der Waals surface area contributed by atoms with Crippen molar-refractivity contribution in [1.82, 2.24) is 9.97 Å². The molecule has 3 heteroatoms. The minimum Gasteiger partial charge on any atom is -0.294 e. The molecule has 0 saturated heterocycles. The number of aromatic nitrogens is 2. The number of benzene rings is 1. The highest BCUT2D eigenvalue weighted by molar-refractivity contribution is 6.02. The lowest BCUT2D eigenvalue weighted by atomic mass is 10.0. The summed E-state index contributed by atoms with van der Waals surface area (Å²) in [6.07, 6.45) is 5.25. The van der Waals surface area contributed by atoms with Gasteiger partial charge < -0.3 is 0 Å². The number of allylic oxidation sites excluding steroid dienone is 1. The zero-order chi connectivity index (χ0) is 12.1. The molecule has 0 atom stereocenters. The Morgan fingerprint density at radius 1 is 1.18 bits per heavy atom. The summed E-state index contributed by atoms with van der Waals surface area (Å²) < 4.78 is 0. The maximum absolute atomic E-state index is 11.9. The van der Waals surface area contributed by atoms with E-state index >= 15 is 0 Å².